The van der Waals surface area contributed by atoms with E-state index in [-0.39, 0.29) is 18.5 Å². The van der Waals surface area contributed by atoms with Crippen LogP contribution >= 0.6 is 0 Å². The first-order valence-corrected chi connectivity index (χ1v) is 6.95. The van der Waals surface area contributed by atoms with Crippen molar-refractivity contribution in [1.82, 2.24) is 9.71 Å². The zero-order valence-corrected chi connectivity index (χ0v) is 13.4. The average molecular weight is 269 g/mol. The first-order chi connectivity index (χ1) is 8.69. The lowest BCUT2D eigenvalue weighted by Gasteiger charge is -2.32. The fourth-order valence-corrected chi connectivity index (χ4v) is 1.65. The van der Waals surface area contributed by atoms with Crippen LogP contribution in [0.15, 0.2) is 4.99 Å². The van der Waals surface area contributed by atoms with Crippen molar-refractivity contribution in [2.75, 3.05) is 33.7 Å². The molecule has 0 atom stereocenters. The quantitative estimate of drug-likeness (QED) is 0.416. The van der Waals surface area contributed by atoms with Gasteiger partial charge in [-0.15, -0.1) is 0 Å². The monoisotopic (exact) mass is 269 g/mol. The molecule has 0 bridgehead atoms. The lowest BCUT2D eigenvalue weighted by molar-refractivity contribution is 0.00578. The highest BCUT2D eigenvalue weighted by atomic mass is 16.7. The number of nitrogens with zero attached hydrogens (tertiary/aromatic N) is 3. The molecule has 6 heteroatoms. The molecule has 1 rings (SSSR count). The molecule has 19 heavy (non-hydrogen) atoms. The summed E-state index contributed by atoms with van der Waals surface area (Å²) in [4.78, 5) is 8.53. The molecule has 0 aliphatic carbocycles. The van der Waals surface area contributed by atoms with E-state index >= 15 is 0 Å². The van der Waals surface area contributed by atoms with Gasteiger partial charge in [-0.1, -0.05) is 0 Å². The maximum absolute atomic E-state index is 6.00. The predicted molar refractivity (Wildman–Crippen MR) is 80.4 cm³/mol. The number of rotatable bonds is 6. The Bertz CT molecular complexity index is 303. The molecule has 0 aromatic carbocycles. The van der Waals surface area contributed by atoms with Crippen LogP contribution in [0.1, 0.15) is 34.6 Å². The van der Waals surface area contributed by atoms with Gasteiger partial charge in [0, 0.05) is 13.1 Å². The third-order valence-corrected chi connectivity index (χ3v) is 3.78. The van der Waals surface area contributed by atoms with Crippen LogP contribution in [0.3, 0.4) is 0 Å². The van der Waals surface area contributed by atoms with Gasteiger partial charge in [0.25, 0.3) is 0 Å². The summed E-state index contributed by atoms with van der Waals surface area (Å²) < 4.78 is 12.0. The molecule has 1 heterocycles. The summed E-state index contributed by atoms with van der Waals surface area (Å²) in [6.07, 6.45) is 1.84. The second kappa shape index (κ2) is 6.24. The van der Waals surface area contributed by atoms with Gasteiger partial charge in [0.15, 0.2) is 0 Å². The summed E-state index contributed by atoms with van der Waals surface area (Å²) in [6, 6.07) is 0. The van der Waals surface area contributed by atoms with Crippen molar-refractivity contribution < 1.29 is 9.31 Å². The number of hydrogen-bond acceptors (Lipinski definition) is 4. The van der Waals surface area contributed by atoms with E-state index in [2.05, 4.69) is 44.5 Å². The summed E-state index contributed by atoms with van der Waals surface area (Å²) in [5.74, 6) is 0. The van der Waals surface area contributed by atoms with Crippen molar-refractivity contribution in [1.29, 1.82) is 0 Å². The van der Waals surface area contributed by atoms with Gasteiger partial charge >= 0.3 is 7.25 Å². The molecule has 0 aromatic rings. The molecule has 1 aliphatic rings. The molecule has 0 spiro atoms. The minimum Gasteiger partial charge on any atom is -0.384 e. The Morgan fingerprint density at radius 2 is 1.63 bits per heavy atom. The molecular formula is C13H28BN3O2. The van der Waals surface area contributed by atoms with E-state index in [1.165, 1.54) is 0 Å². The van der Waals surface area contributed by atoms with Gasteiger partial charge in [-0.3, -0.25) is 4.99 Å². The van der Waals surface area contributed by atoms with E-state index < -0.39 is 0 Å². The maximum Gasteiger partial charge on any atom is 0.594 e. The third kappa shape index (κ3) is 4.19. The smallest absolute Gasteiger partial charge is 0.384 e. The molecule has 0 N–H and O–H groups in total. The van der Waals surface area contributed by atoms with E-state index in [0.717, 1.165) is 19.6 Å². The van der Waals surface area contributed by atoms with Gasteiger partial charge in [0.05, 0.1) is 24.1 Å². The second-order valence-corrected chi connectivity index (χ2v) is 6.22. The Hall–Kier alpha value is -0.585. The van der Waals surface area contributed by atoms with Gasteiger partial charge in [0.1, 0.15) is 0 Å². The van der Waals surface area contributed by atoms with E-state index in [9.17, 15) is 0 Å². The number of likely N-dealkylation sites (N-methyl/N-ethyl adjacent to an activating group) is 1. The highest BCUT2D eigenvalue weighted by Gasteiger charge is 2.53. The highest BCUT2D eigenvalue weighted by molar-refractivity contribution is 6.45. The van der Waals surface area contributed by atoms with E-state index in [1.807, 2.05) is 25.2 Å². The summed E-state index contributed by atoms with van der Waals surface area (Å²) in [6.45, 7) is 12.8. The standard InChI is InChI=1S/C13H28BN3O2/c1-8-17(11-15-9-10-16(6)7)14-18-12(2,3)13(4,5)19-14/h11H,8-10H2,1-7H3. The van der Waals surface area contributed by atoms with Crippen LogP contribution in [0.5, 0.6) is 0 Å². The number of aliphatic imine (C=N–C) groups is 1. The molecule has 5 nitrogen and oxygen atoms in total. The van der Waals surface area contributed by atoms with Gasteiger partial charge in [-0.25, -0.2) is 0 Å². The lowest BCUT2D eigenvalue weighted by Crippen LogP contribution is -2.41. The fourth-order valence-electron chi connectivity index (χ4n) is 1.65. The zero-order chi connectivity index (χ0) is 14.7. The predicted octanol–water partition coefficient (Wildman–Crippen LogP) is 1.49. The average Bonchev–Trinajstić information content (AvgIpc) is 2.47. The first kappa shape index (κ1) is 16.5. The Kier molecular flexibility index (Phi) is 5.41. The Labute approximate surface area is 118 Å². The highest BCUT2D eigenvalue weighted by Crippen LogP contribution is 2.37. The molecule has 0 saturated carbocycles. The summed E-state index contributed by atoms with van der Waals surface area (Å²) in [7, 11) is 3.74. The number of hydrogen-bond donors (Lipinski definition) is 0. The van der Waals surface area contributed by atoms with Crippen LogP contribution in [0, 0.1) is 0 Å². The third-order valence-electron chi connectivity index (χ3n) is 3.78. The molecule has 0 amide bonds. The molecule has 0 unspecified atom stereocenters. The van der Waals surface area contributed by atoms with Crippen LogP contribution in [0.2, 0.25) is 0 Å². The zero-order valence-electron chi connectivity index (χ0n) is 13.4. The molecular weight excluding hydrogens is 241 g/mol. The molecule has 110 valence electrons. The molecule has 0 aromatic heterocycles. The minimum absolute atomic E-state index is 0.303. The van der Waals surface area contributed by atoms with Crippen molar-refractivity contribution in [3.05, 3.63) is 0 Å². The van der Waals surface area contributed by atoms with Crippen LogP contribution in [-0.2, 0) is 9.31 Å². The Balaban J connectivity index is 2.58. The first-order valence-electron chi connectivity index (χ1n) is 6.95. The van der Waals surface area contributed by atoms with Crippen LogP contribution < -0.4 is 0 Å². The van der Waals surface area contributed by atoms with Gasteiger partial charge < -0.3 is 19.0 Å². The van der Waals surface area contributed by atoms with Gasteiger partial charge in [-0.05, 0) is 48.7 Å². The largest absolute Gasteiger partial charge is 0.594 e. The van der Waals surface area contributed by atoms with E-state index in [4.69, 9.17) is 9.31 Å². The second-order valence-electron chi connectivity index (χ2n) is 6.22. The fraction of sp³-hybridized carbons (Fsp3) is 0.923. The Morgan fingerprint density at radius 1 is 1.11 bits per heavy atom. The molecule has 1 saturated heterocycles. The van der Waals surface area contributed by atoms with Gasteiger partial charge in [0.2, 0.25) is 0 Å². The summed E-state index contributed by atoms with van der Waals surface area (Å²) in [5.41, 5.74) is -0.606. The van der Waals surface area contributed by atoms with Crippen LogP contribution in [0.4, 0.5) is 0 Å². The van der Waals surface area contributed by atoms with Crippen molar-refractivity contribution in [3.63, 3.8) is 0 Å². The van der Waals surface area contributed by atoms with Crippen molar-refractivity contribution in [3.8, 4) is 0 Å². The molecule has 1 aliphatic heterocycles. The normalized spacial score (nSPS) is 21.6. The van der Waals surface area contributed by atoms with Crippen molar-refractivity contribution in [2.45, 2.75) is 45.8 Å². The van der Waals surface area contributed by atoms with Crippen molar-refractivity contribution in [2.24, 2.45) is 4.99 Å². The molecule has 1 fully saturated rings. The maximum atomic E-state index is 6.00. The van der Waals surface area contributed by atoms with Crippen LogP contribution in [0.25, 0.3) is 0 Å². The van der Waals surface area contributed by atoms with Crippen LogP contribution in [-0.4, -0.2) is 68.2 Å². The van der Waals surface area contributed by atoms with Gasteiger partial charge in [-0.2, -0.15) is 0 Å². The Morgan fingerprint density at radius 3 is 2.05 bits per heavy atom. The summed E-state index contributed by atoms with van der Waals surface area (Å²) >= 11 is 0. The lowest BCUT2D eigenvalue weighted by atomic mass is 9.90. The summed E-state index contributed by atoms with van der Waals surface area (Å²) in [5, 5.41) is 0. The van der Waals surface area contributed by atoms with E-state index in [0.29, 0.717) is 0 Å². The topological polar surface area (TPSA) is 37.3 Å². The van der Waals surface area contributed by atoms with E-state index in [1.54, 1.807) is 0 Å². The SMILES string of the molecule is CCN(C=NCCN(C)C)B1OC(C)(C)C(C)(C)O1. The molecule has 0 radical (unpaired) electrons. The van der Waals surface area contributed by atoms with Crippen molar-refractivity contribution >= 4 is 13.6 Å². The minimum atomic E-state index is -0.349.